The van der Waals surface area contributed by atoms with Crippen LogP contribution in [0.4, 0.5) is 0 Å². The summed E-state index contributed by atoms with van der Waals surface area (Å²) in [7, 11) is 0. The second kappa shape index (κ2) is 8.21. The van der Waals surface area contributed by atoms with Crippen molar-refractivity contribution in [3.8, 4) is 23.0 Å². The van der Waals surface area contributed by atoms with Gasteiger partial charge < -0.3 is 9.47 Å². The molecular weight excluding hydrogens is 296 g/mol. The Labute approximate surface area is 143 Å². The first-order valence-electron chi connectivity index (χ1n) is 8.35. The Bertz CT molecular complexity index is 692. The minimum absolute atomic E-state index is 0.681. The Morgan fingerprint density at radius 1 is 0.750 bits per heavy atom. The minimum Gasteiger partial charge on any atom is -0.457 e. The molecule has 2 heteroatoms. The Morgan fingerprint density at radius 2 is 1.25 bits per heavy atom. The van der Waals surface area contributed by atoms with Gasteiger partial charge in [-0.15, -0.1) is 0 Å². The lowest BCUT2D eigenvalue weighted by Crippen LogP contribution is -1.92. The van der Waals surface area contributed by atoms with Gasteiger partial charge in [-0.05, 0) is 54.8 Å². The van der Waals surface area contributed by atoms with Crippen molar-refractivity contribution in [1.29, 1.82) is 0 Å². The number of hydrogen-bond donors (Lipinski definition) is 0. The summed E-state index contributed by atoms with van der Waals surface area (Å²) >= 11 is 0. The Hall–Kier alpha value is -2.74. The van der Waals surface area contributed by atoms with Crippen LogP contribution in [0.3, 0.4) is 0 Å². The molecule has 0 N–H and O–H groups in total. The highest BCUT2D eigenvalue weighted by Gasteiger charge is 2.06. The molecular formula is C22H21O2. The fourth-order valence-electron chi connectivity index (χ4n) is 2.44. The normalized spacial score (nSPS) is 10.4. The fourth-order valence-corrected chi connectivity index (χ4v) is 2.44. The summed E-state index contributed by atoms with van der Waals surface area (Å²) in [4.78, 5) is 0. The Morgan fingerprint density at radius 3 is 1.71 bits per heavy atom. The second-order valence-corrected chi connectivity index (χ2v) is 5.65. The van der Waals surface area contributed by atoms with Crippen LogP contribution >= 0.6 is 0 Å². The summed E-state index contributed by atoms with van der Waals surface area (Å²) < 4.78 is 11.9. The van der Waals surface area contributed by atoms with Gasteiger partial charge in [0.05, 0.1) is 6.07 Å². The van der Waals surface area contributed by atoms with Crippen molar-refractivity contribution in [1.82, 2.24) is 0 Å². The molecule has 0 fully saturated rings. The van der Waals surface area contributed by atoms with Crippen molar-refractivity contribution < 1.29 is 9.47 Å². The van der Waals surface area contributed by atoms with Crippen molar-refractivity contribution in [2.45, 2.75) is 26.2 Å². The molecule has 3 rings (SSSR count). The molecule has 3 aromatic carbocycles. The van der Waals surface area contributed by atoms with Gasteiger partial charge in [0.15, 0.2) is 0 Å². The molecule has 0 atom stereocenters. The standard InChI is InChI=1S/C22H21O2/c1-2-3-10-18-15-21(23-19-11-6-4-7-12-19)17-22(16-18)24-20-13-8-5-9-14-20/h4-9,11-16H,2-3,10H2,1H3. The molecule has 0 spiro atoms. The maximum atomic E-state index is 5.94. The van der Waals surface area contributed by atoms with E-state index in [1.807, 2.05) is 72.8 Å². The van der Waals surface area contributed by atoms with E-state index in [4.69, 9.17) is 9.47 Å². The number of benzene rings is 3. The molecule has 0 saturated carbocycles. The van der Waals surface area contributed by atoms with E-state index in [9.17, 15) is 0 Å². The van der Waals surface area contributed by atoms with Crippen LogP contribution in [0.15, 0.2) is 72.8 Å². The molecule has 121 valence electrons. The number of ether oxygens (including phenoxy) is 2. The summed E-state index contributed by atoms with van der Waals surface area (Å²) in [5, 5.41) is 0. The molecule has 0 bridgehead atoms. The maximum Gasteiger partial charge on any atom is 0.139 e. The highest BCUT2D eigenvalue weighted by Crippen LogP contribution is 2.30. The molecule has 3 aromatic rings. The highest BCUT2D eigenvalue weighted by molar-refractivity contribution is 5.41. The number of hydrogen-bond acceptors (Lipinski definition) is 2. The van der Waals surface area contributed by atoms with Gasteiger partial charge in [-0.2, -0.15) is 0 Å². The lowest BCUT2D eigenvalue weighted by atomic mass is 10.1. The van der Waals surface area contributed by atoms with E-state index in [0.29, 0.717) is 11.5 Å². The molecule has 0 aliphatic carbocycles. The number of para-hydroxylation sites is 2. The Kier molecular flexibility index (Phi) is 5.52. The molecule has 0 unspecified atom stereocenters. The van der Waals surface area contributed by atoms with Crippen LogP contribution < -0.4 is 9.47 Å². The van der Waals surface area contributed by atoms with Crippen LogP contribution in [-0.2, 0) is 6.42 Å². The van der Waals surface area contributed by atoms with Crippen molar-refractivity contribution in [2.24, 2.45) is 0 Å². The number of rotatable bonds is 7. The molecule has 0 aliphatic heterocycles. The van der Waals surface area contributed by atoms with E-state index >= 15 is 0 Å². The molecule has 0 heterocycles. The van der Waals surface area contributed by atoms with Crippen LogP contribution in [0, 0.1) is 6.07 Å². The van der Waals surface area contributed by atoms with E-state index in [1.54, 1.807) is 0 Å². The quantitative estimate of drug-likeness (QED) is 0.501. The van der Waals surface area contributed by atoms with Crippen LogP contribution in [0.1, 0.15) is 25.3 Å². The number of aryl methyl sites for hydroxylation is 1. The topological polar surface area (TPSA) is 18.5 Å². The zero-order valence-corrected chi connectivity index (χ0v) is 13.9. The highest BCUT2D eigenvalue weighted by atomic mass is 16.5. The average Bonchev–Trinajstić information content (AvgIpc) is 2.61. The van der Waals surface area contributed by atoms with E-state index in [2.05, 4.69) is 13.0 Å². The van der Waals surface area contributed by atoms with Gasteiger partial charge in [0.25, 0.3) is 0 Å². The van der Waals surface area contributed by atoms with Crippen molar-refractivity contribution in [2.75, 3.05) is 0 Å². The van der Waals surface area contributed by atoms with Gasteiger partial charge >= 0.3 is 0 Å². The largest absolute Gasteiger partial charge is 0.457 e. The first kappa shape index (κ1) is 16.1. The molecule has 0 saturated heterocycles. The lowest BCUT2D eigenvalue weighted by molar-refractivity contribution is 0.457. The fraction of sp³-hybridized carbons (Fsp3) is 0.182. The molecule has 0 aromatic heterocycles. The first-order chi connectivity index (χ1) is 11.8. The summed E-state index contributed by atoms with van der Waals surface area (Å²) in [5.74, 6) is 2.96. The number of unbranched alkanes of at least 4 members (excludes halogenated alkanes) is 1. The predicted octanol–water partition coefficient (Wildman–Crippen LogP) is 6.41. The molecule has 0 aliphatic rings. The average molecular weight is 317 g/mol. The van der Waals surface area contributed by atoms with E-state index in [0.717, 1.165) is 30.8 Å². The molecule has 1 radical (unpaired) electrons. The third kappa shape index (κ3) is 4.63. The smallest absolute Gasteiger partial charge is 0.139 e. The van der Waals surface area contributed by atoms with Gasteiger partial charge in [0, 0.05) is 0 Å². The molecule has 0 amide bonds. The Balaban J connectivity index is 1.85. The monoisotopic (exact) mass is 317 g/mol. The van der Waals surface area contributed by atoms with Crippen molar-refractivity contribution >= 4 is 0 Å². The van der Waals surface area contributed by atoms with Crippen LogP contribution in [0.5, 0.6) is 23.0 Å². The van der Waals surface area contributed by atoms with Crippen molar-refractivity contribution in [3.05, 3.63) is 84.4 Å². The van der Waals surface area contributed by atoms with E-state index in [-0.39, 0.29) is 0 Å². The van der Waals surface area contributed by atoms with Gasteiger partial charge in [0.2, 0.25) is 0 Å². The van der Waals surface area contributed by atoms with E-state index < -0.39 is 0 Å². The van der Waals surface area contributed by atoms with Crippen LogP contribution in [-0.4, -0.2) is 0 Å². The summed E-state index contributed by atoms with van der Waals surface area (Å²) in [6.07, 6.45) is 3.30. The van der Waals surface area contributed by atoms with Crippen LogP contribution in [0.2, 0.25) is 0 Å². The van der Waals surface area contributed by atoms with Gasteiger partial charge in [-0.25, -0.2) is 0 Å². The second-order valence-electron chi connectivity index (χ2n) is 5.65. The summed E-state index contributed by atoms with van der Waals surface area (Å²) in [6, 6.07) is 26.8. The van der Waals surface area contributed by atoms with Gasteiger partial charge in [0.1, 0.15) is 23.0 Å². The first-order valence-corrected chi connectivity index (χ1v) is 8.35. The van der Waals surface area contributed by atoms with Crippen molar-refractivity contribution in [3.63, 3.8) is 0 Å². The van der Waals surface area contributed by atoms with Gasteiger partial charge in [-0.3, -0.25) is 0 Å². The maximum absolute atomic E-state index is 5.94. The zero-order chi connectivity index (χ0) is 16.6. The summed E-state index contributed by atoms with van der Waals surface area (Å²) in [6.45, 7) is 2.19. The van der Waals surface area contributed by atoms with Gasteiger partial charge in [-0.1, -0.05) is 49.7 Å². The lowest BCUT2D eigenvalue weighted by Gasteiger charge is -2.11. The summed E-state index contributed by atoms with van der Waals surface area (Å²) in [5.41, 5.74) is 1.20. The molecule has 24 heavy (non-hydrogen) atoms. The third-order valence-electron chi connectivity index (χ3n) is 3.64. The van der Waals surface area contributed by atoms with E-state index in [1.165, 1.54) is 5.56 Å². The predicted molar refractivity (Wildman–Crippen MR) is 96.9 cm³/mol. The van der Waals surface area contributed by atoms with Crippen LogP contribution in [0.25, 0.3) is 0 Å². The minimum atomic E-state index is 0.681. The third-order valence-corrected chi connectivity index (χ3v) is 3.64. The SMILES string of the molecule is CCCCc1cc(Oc2ccccc2)[c]c(Oc2ccccc2)c1. The molecule has 2 nitrogen and oxygen atoms in total. The zero-order valence-electron chi connectivity index (χ0n) is 13.9.